The monoisotopic (exact) mass is 510 g/mol. The predicted molar refractivity (Wildman–Crippen MR) is 140 cm³/mol. The number of thiocarbonyl (C=S) groups is 1. The van der Waals surface area contributed by atoms with E-state index in [1.165, 1.54) is 12.1 Å². The first kappa shape index (κ1) is 25.1. The molecule has 1 heterocycles. The van der Waals surface area contributed by atoms with Crippen molar-refractivity contribution in [2.45, 2.75) is 19.6 Å². The van der Waals surface area contributed by atoms with Gasteiger partial charge in [0.2, 0.25) is 5.43 Å². The highest BCUT2D eigenvalue weighted by Crippen LogP contribution is 2.30. The summed E-state index contributed by atoms with van der Waals surface area (Å²) in [5, 5.41) is 8.67. The van der Waals surface area contributed by atoms with E-state index in [1.807, 2.05) is 30.3 Å². The summed E-state index contributed by atoms with van der Waals surface area (Å²) >= 11 is 4.95. The summed E-state index contributed by atoms with van der Waals surface area (Å²) in [4.78, 5) is 26.3. The molecule has 0 spiro atoms. The number of hydrogen-bond donors (Lipinski definition) is 3. The Morgan fingerprint density at radius 2 is 1.75 bits per heavy atom. The average Bonchev–Trinajstić information content (AvgIpc) is 3.13. The molecule has 7 nitrogen and oxygen atoms in total. The maximum Gasteiger partial charge on any atom is 0.414 e. The molecule has 3 aromatic carbocycles. The van der Waals surface area contributed by atoms with Crippen LogP contribution >= 0.6 is 12.2 Å². The van der Waals surface area contributed by atoms with Gasteiger partial charge in [0.1, 0.15) is 11.8 Å². The second-order valence-corrected chi connectivity index (χ2v) is 8.81. The van der Waals surface area contributed by atoms with E-state index in [1.54, 1.807) is 19.1 Å². The normalized spacial score (nSPS) is 14.8. The maximum atomic E-state index is 14.9. The molecule has 1 fully saturated rings. The van der Waals surface area contributed by atoms with Crippen LogP contribution in [0.3, 0.4) is 0 Å². The van der Waals surface area contributed by atoms with Gasteiger partial charge < -0.3 is 20.7 Å². The van der Waals surface area contributed by atoms with E-state index < -0.39 is 29.5 Å². The Hall–Kier alpha value is -4.05. The molecule has 3 aromatic rings. The zero-order chi connectivity index (χ0) is 25.7. The minimum atomic E-state index is -0.898. The molecule has 0 aliphatic carbocycles. The summed E-state index contributed by atoms with van der Waals surface area (Å²) in [6, 6.07) is 17.5. The van der Waals surface area contributed by atoms with Gasteiger partial charge in [0, 0.05) is 24.4 Å². The van der Waals surface area contributed by atoms with Gasteiger partial charge >= 0.3 is 6.09 Å². The Balaban J connectivity index is 1.48. The fourth-order valence-electron chi connectivity index (χ4n) is 3.66. The minimum Gasteiger partial charge on any atom is -0.442 e. The quantitative estimate of drug-likeness (QED) is 0.370. The van der Waals surface area contributed by atoms with Crippen molar-refractivity contribution in [3.8, 4) is 0 Å². The fraction of sp³-hybridized carbons (Fsp3) is 0.192. The smallest absolute Gasteiger partial charge is 0.414 e. The number of ether oxygens (including phenoxy) is 1. The number of anilines is 4. The Morgan fingerprint density at radius 3 is 2.44 bits per heavy atom. The first-order chi connectivity index (χ1) is 17.3. The van der Waals surface area contributed by atoms with Crippen LogP contribution < -0.4 is 26.3 Å². The lowest BCUT2D eigenvalue weighted by Crippen LogP contribution is -2.32. The van der Waals surface area contributed by atoms with E-state index >= 15 is 0 Å². The van der Waals surface area contributed by atoms with Crippen molar-refractivity contribution < 1.29 is 18.3 Å². The van der Waals surface area contributed by atoms with Gasteiger partial charge in [-0.05, 0) is 36.8 Å². The number of nitrogens with one attached hydrogen (secondary N) is 3. The molecule has 1 amide bonds. The van der Waals surface area contributed by atoms with Gasteiger partial charge in [-0.1, -0.05) is 42.5 Å². The predicted octanol–water partition coefficient (Wildman–Crippen LogP) is 4.94. The van der Waals surface area contributed by atoms with E-state index in [4.69, 9.17) is 17.0 Å². The van der Waals surface area contributed by atoms with Crippen LogP contribution in [0.1, 0.15) is 12.5 Å². The van der Waals surface area contributed by atoms with E-state index in [0.29, 0.717) is 29.5 Å². The van der Waals surface area contributed by atoms with Crippen LogP contribution in [0.25, 0.3) is 0 Å². The van der Waals surface area contributed by atoms with Crippen LogP contribution in [0.4, 0.5) is 36.3 Å². The summed E-state index contributed by atoms with van der Waals surface area (Å²) in [6.07, 6.45) is -1.20. The summed E-state index contributed by atoms with van der Waals surface area (Å²) in [7, 11) is 0. The van der Waals surface area contributed by atoms with E-state index in [0.717, 1.165) is 22.6 Å². The molecule has 1 atom stereocenters. The second kappa shape index (κ2) is 11.1. The molecule has 1 saturated heterocycles. The highest BCUT2D eigenvalue weighted by molar-refractivity contribution is 7.80. The zero-order valence-corrected chi connectivity index (χ0v) is 20.2. The maximum absolute atomic E-state index is 14.9. The van der Waals surface area contributed by atoms with E-state index in [9.17, 15) is 18.4 Å². The Bertz CT molecular complexity index is 1320. The number of halogens is 2. The van der Waals surface area contributed by atoms with Crippen molar-refractivity contribution >= 4 is 46.0 Å². The zero-order valence-electron chi connectivity index (χ0n) is 19.4. The molecule has 10 heteroatoms. The van der Waals surface area contributed by atoms with Crippen LogP contribution in [-0.2, 0) is 11.3 Å². The van der Waals surface area contributed by atoms with Gasteiger partial charge in [0.15, 0.2) is 11.6 Å². The van der Waals surface area contributed by atoms with Crippen LogP contribution in [0.5, 0.6) is 0 Å². The molecular weight excluding hydrogens is 486 g/mol. The van der Waals surface area contributed by atoms with Crippen molar-refractivity contribution in [1.29, 1.82) is 0 Å². The molecule has 3 N–H and O–H groups in total. The lowest BCUT2D eigenvalue weighted by atomic mass is 10.2. The molecule has 0 saturated carbocycles. The molecule has 36 heavy (non-hydrogen) atoms. The lowest BCUT2D eigenvalue weighted by Gasteiger charge is -2.16. The third-order valence-corrected chi connectivity index (χ3v) is 5.64. The van der Waals surface area contributed by atoms with Crippen LogP contribution in [0, 0.1) is 11.6 Å². The third kappa shape index (κ3) is 6.14. The number of benzene rings is 2. The Morgan fingerprint density at radius 1 is 1.06 bits per heavy atom. The first-order valence-corrected chi connectivity index (χ1v) is 11.6. The molecule has 0 bridgehead atoms. The molecule has 1 unspecified atom stereocenters. The van der Waals surface area contributed by atoms with Gasteiger partial charge in [-0.2, -0.15) is 0 Å². The van der Waals surface area contributed by atoms with Gasteiger partial charge in [0.05, 0.1) is 29.5 Å². The number of rotatable bonds is 8. The van der Waals surface area contributed by atoms with Gasteiger partial charge in [-0.15, -0.1) is 0 Å². The Labute approximate surface area is 212 Å². The van der Waals surface area contributed by atoms with Gasteiger partial charge in [-0.25, -0.2) is 13.6 Å². The van der Waals surface area contributed by atoms with E-state index in [-0.39, 0.29) is 17.7 Å². The van der Waals surface area contributed by atoms with Crippen LogP contribution in [0.15, 0.2) is 71.5 Å². The van der Waals surface area contributed by atoms with E-state index in [2.05, 4.69) is 16.0 Å². The summed E-state index contributed by atoms with van der Waals surface area (Å²) in [6.45, 7) is 2.58. The van der Waals surface area contributed by atoms with Crippen molar-refractivity contribution in [1.82, 2.24) is 5.32 Å². The molecule has 0 radical (unpaired) electrons. The fourth-order valence-corrected chi connectivity index (χ4v) is 3.75. The van der Waals surface area contributed by atoms with Crippen molar-refractivity contribution in [2.75, 3.05) is 28.6 Å². The molecule has 186 valence electrons. The largest absolute Gasteiger partial charge is 0.442 e. The number of cyclic esters (lactones) is 1. The number of carbonyl (C=O) groups excluding carboxylic acids is 1. The summed E-state index contributed by atoms with van der Waals surface area (Å²) < 4.78 is 35.0. The van der Waals surface area contributed by atoms with Crippen molar-refractivity contribution in [3.05, 3.63) is 94.2 Å². The molecule has 0 aromatic heterocycles. The molecule has 1 aliphatic heterocycles. The standard InChI is InChI=1S/C26H24F2N4O3S/c1-16(36)29-14-20-15-32(26(34)35-20)19-11-21(27)25(22(28)12-19)31-18-7-9-23(24(33)10-8-18)30-13-17-5-3-2-4-6-17/h2-12,20,31H,13-15H2,1H3,(H,29,36)(H,30,33). The highest BCUT2D eigenvalue weighted by atomic mass is 32.1. The van der Waals surface area contributed by atoms with Crippen molar-refractivity contribution in [2.24, 2.45) is 0 Å². The summed E-state index contributed by atoms with van der Waals surface area (Å²) in [5.41, 5.74) is 1.03. The molecule has 1 aliphatic rings. The summed E-state index contributed by atoms with van der Waals surface area (Å²) in [5.74, 6) is -1.80. The first-order valence-electron chi connectivity index (χ1n) is 11.2. The highest BCUT2D eigenvalue weighted by Gasteiger charge is 2.33. The molecular formula is C26H24F2N4O3S. The number of amides is 1. The van der Waals surface area contributed by atoms with Crippen molar-refractivity contribution in [3.63, 3.8) is 0 Å². The minimum absolute atomic E-state index is 0.0370. The topological polar surface area (TPSA) is 82.7 Å². The SMILES string of the molecule is CC(=S)NCC1CN(c2cc(F)c(Nc3ccc(NCc4ccccc4)c(=O)cc3)c(F)c2)C(=O)O1. The Kier molecular flexibility index (Phi) is 7.74. The third-order valence-electron chi connectivity index (χ3n) is 5.50. The van der Waals surface area contributed by atoms with Crippen LogP contribution in [0.2, 0.25) is 0 Å². The van der Waals surface area contributed by atoms with Gasteiger partial charge in [0.25, 0.3) is 0 Å². The number of carbonyl (C=O) groups is 1. The molecule has 4 rings (SSSR count). The second-order valence-electron chi connectivity index (χ2n) is 8.20. The number of hydrogen-bond acceptors (Lipinski definition) is 6. The lowest BCUT2D eigenvalue weighted by molar-refractivity contribution is 0.143. The number of nitrogens with zero attached hydrogens (tertiary/aromatic N) is 1. The van der Waals surface area contributed by atoms with Crippen LogP contribution in [-0.4, -0.2) is 30.3 Å². The average molecular weight is 511 g/mol. The van der Waals surface area contributed by atoms with Gasteiger partial charge in [-0.3, -0.25) is 9.69 Å².